The van der Waals surface area contributed by atoms with Crippen LogP contribution in [-0.2, 0) is 6.54 Å². The molecular weight excluding hydrogens is 332 g/mol. The van der Waals surface area contributed by atoms with E-state index in [9.17, 15) is 4.79 Å². The highest BCUT2D eigenvalue weighted by molar-refractivity contribution is 5.97. The van der Waals surface area contributed by atoms with Gasteiger partial charge in [0, 0.05) is 25.0 Å². The predicted octanol–water partition coefficient (Wildman–Crippen LogP) is 2.39. The molecule has 3 aromatic rings. The summed E-state index contributed by atoms with van der Waals surface area (Å²) < 4.78 is 12.2. The van der Waals surface area contributed by atoms with Crippen LogP contribution in [0.5, 0.6) is 11.5 Å². The lowest BCUT2D eigenvalue weighted by molar-refractivity contribution is 0.0949. The Morgan fingerprint density at radius 3 is 2.73 bits per heavy atom. The number of carbonyl (C=O) groups excluding carboxylic acids is 1. The van der Waals surface area contributed by atoms with E-state index in [1.165, 1.54) is 7.11 Å². The molecule has 0 radical (unpaired) electrons. The minimum atomic E-state index is -0.207. The van der Waals surface area contributed by atoms with Crippen molar-refractivity contribution >= 4 is 5.91 Å². The number of nitrogens with zero attached hydrogens (tertiary/aromatic N) is 3. The highest BCUT2D eigenvalue weighted by Crippen LogP contribution is 2.24. The number of hydrogen-bond acceptors (Lipinski definition) is 5. The first-order valence-electron chi connectivity index (χ1n) is 8.16. The highest BCUT2D eigenvalue weighted by atomic mass is 16.5. The van der Waals surface area contributed by atoms with Crippen molar-refractivity contribution in [3.05, 3.63) is 60.4 Å². The van der Waals surface area contributed by atoms with Crippen molar-refractivity contribution in [2.24, 2.45) is 0 Å². The van der Waals surface area contributed by atoms with Crippen molar-refractivity contribution in [2.45, 2.75) is 6.54 Å². The maximum Gasteiger partial charge on any atom is 0.255 e. The highest BCUT2D eigenvalue weighted by Gasteiger charge is 2.13. The molecular formula is C19H20N4O3. The third kappa shape index (κ3) is 4.00. The maximum absolute atomic E-state index is 12.4. The number of amides is 1. The van der Waals surface area contributed by atoms with Gasteiger partial charge in [-0.3, -0.25) is 14.5 Å². The molecule has 0 bridgehead atoms. The number of pyridine rings is 1. The fraction of sp³-hybridized carbons (Fsp3) is 0.211. The van der Waals surface area contributed by atoms with Crippen LogP contribution in [0.25, 0.3) is 11.4 Å². The quantitative estimate of drug-likeness (QED) is 0.706. The lowest BCUT2D eigenvalue weighted by Crippen LogP contribution is -2.27. The summed E-state index contributed by atoms with van der Waals surface area (Å²) in [6.45, 7) is 0.994. The summed E-state index contributed by atoms with van der Waals surface area (Å²) >= 11 is 0. The first-order valence-corrected chi connectivity index (χ1v) is 8.16. The Bertz CT molecular complexity index is 878. The Hall–Kier alpha value is -3.35. The number of methoxy groups -OCH3 is 2. The lowest BCUT2D eigenvalue weighted by Gasteiger charge is -2.11. The Labute approximate surface area is 151 Å². The lowest BCUT2D eigenvalue weighted by atomic mass is 10.1. The molecule has 0 aliphatic heterocycles. The number of carbonyl (C=O) groups is 1. The summed E-state index contributed by atoms with van der Waals surface area (Å²) in [6.07, 6.45) is 3.60. The van der Waals surface area contributed by atoms with Gasteiger partial charge in [0.2, 0.25) is 0 Å². The van der Waals surface area contributed by atoms with E-state index in [-0.39, 0.29) is 5.91 Å². The zero-order valence-corrected chi connectivity index (χ0v) is 14.7. The maximum atomic E-state index is 12.4. The van der Waals surface area contributed by atoms with Gasteiger partial charge in [0.05, 0.1) is 32.0 Å². The number of nitrogens with one attached hydrogen (secondary N) is 1. The van der Waals surface area contributed by atoms with Crippen LogP contribution in [-0.4, -0.2) is 41.4 Å². The Balaban J connectivity index is 1.58. The fourth-order valence-electron chi connectivity index (χ4n) is 2.50. The van der Waals surface area contributed by atoms with Crippen LogP contribution in [0.2, 0.25) is 0 Å². The molecule has 0 aliphatic carbocycles. The molecule has 0 saturated heterocycles. The summed E-state index contributed by atoms with van der Waals surface area (Å²) in [5.74, 6) is 0.900. The predicted molar refractivity (Wildman–Crippen MR) is 97.3 cm³/mol. The van der Waals surface area contributed by atoms with Crippen LogP contribution in [0.4, 0.5) is 0 Å². The van der Waals surface area contributed by atoms with Gasteiger partial charge in [-0.2, -0.15) is 5.10 Å². The summed E-state index contributed by atoms with van der Waals surface area (Å²) in [5.41, 5.74) is 2.08. The molecule has 26 heavy (non-hydrogen) atoms. The van der Waals surface area contributed by atoms with E-state index in [0.29, 0.717) is 30.2 Å². The molecule has 0 spiro atoms. The third-order valence-corrected chi connectivity index (χ3v) is 3.85. The van der Waals surface area contributed by atoms with Gasteiger partial charge in [-0.15, -0.1) is 0 Å². The molecule has 0 saturated carbocycles. The Morgan fingerprint density at radius 1 is 1.12 bits per heavy atom. The van der Waals surface area contributed by atoms with E-state index in [2.05, 4.69) is 15.4 Å². The second-order valence-corrected chi connectivity index (χ2v) is 5.50. The van der Waals surface area contributed by atoms with Crippen LogP contribution in [0.15, 0.2) is 54.9 Å². The molecule has 2 aromatic heterocycles. The van der Waals surface area contributed by atoms with Crippen LogP contribution in [0.1, 0.15) is 10.4 Å². The number of rotatable bonds is 7. The topological polar surface area (TPSA) is 78.3 Å². The normalized spacial score (nSPS) is 10.4. The van der Waals surface area contributed by atoms with Gasteiger partial charge in [-0.05, 0) is 30.3 Å². The molecule has 1 amide bonds. The zero-order chi connectivity index (χ0) is 18.4. The van der Waals surface area contributed by atoms with E-state index in [1.807, 2.05) is 30.5 Å². The van der Waals surface area contributed by atoms with Gasteiger partial charge in [0.15, 0.2) is 0 Å². The molecule has 0 fully saturated rings. The smallest absolute Gasteiger partial charge is 0.255 e. The van der Waals surface area contributed by atoms with Crippen molar-refractivity contribution in [2.75, 3.05) is 20.8 Å². The minimum absolute atomic E-state index is 0.207. The van der Waals surface area contributed by atoms with Crippen LogP contribution < -0.4 is 14.8 Å². The molecule has 134 valence electrons. The number of ether oxygens (including phenoxy) is 2. The molecule has 7 nitrogen and oxygen atoms in total. The van der Waals surface area contributed by atoms with Crippen LogP contribution in [0, 0.1) is 0 Å². The third-order valence-electron chi connectivity index (χ3n) is 3.85. The van der Waals surface area contributed by atoms with Crippen molar-refractivity contribution in [1.29, 1.82) is 0 Å². The molecule has 3 rings (SSSR count). The van der Waals surface area contributed by atoms with Gasteiger partial charge >= 0.3 is 0 Å². The average Bonchev–Trinajstić information content (AvgIpc) is 3.17. The van der Waals surface area contributed by atoms with Crippen molar-refractivity contribution in [3.8, 4) is 22.9 Å². The molecule has 0 unspecified atom stereocenters. The first-order chi connectivity index (χ1) is 12.7. The summed E-state index contributed by atoms with van der Waals surface area (Å²) in [6, 6.07) is 12.7. The van der Waals surface area contributed by atoms with Crippen LogP contribution in [0.3, 0.4) is 0 Å². The van der Waals surface area contributed by atoms with E-state index < -0.39 is 0 Å². The largest absolute Gasteiger partial charge is 0.497 e. The summed E-state index contributed by atoms with van der Waals surface area (Å²) in [4.78, 5) is 16.6. The summed E-state index contributed by atoms with van der Waals surface area (Å²) in [5, 5.41) is 7.34. The van der Waals surface area contributed by atoms with Crippen molar-refractivity contribution in [1.82, 2.24) is 20.1 Å². The van der Waals surface area contributed by atoms with Gasteiger partial charge in [-0.1, -0.05) is 6.07 Å². The summed E-state index contributed by atoms with van der Waals surface area (Å²) in [7, 11) is 3.09. The Morgan fingerprint density at radius 2 is 2.00 bits per heavy atom. The van der Waals surface area contributed by atoms with Crippen molar-refractivity contribution in [3.63, 3.8) is 0 Å². The molecule has 0 aliphatic rings. The second-order valence-electron chi connectivity index (χ2n) is 5.50. The molecule has 2 heterocycles. The van der Waals surface area contributed by atoms with Gasteiger partial charge in [0.1, 0.15) is 17.2 Å². The van der Waals surface area contributed by atoms with Crippen LogP contribution >= 0.6 is 0 Å². The fourth-order valence-corrected chi connectivity index (χ4v) is 2.50. The second kappa shape index (κ2) is 8.15. The number of aromatic nitrogens is 3. The standard InChI is InChI=1S/C19H20N4O3/c1-25-14-6-7-15(18(13-14)26-2)19(24)21-10-12-23-11-8-17(22-23)16-5-3-4-9-20-16/h3-9,11,13H,10,12H2,1-2H3,(H,21,24). The number of benzene rings is 1. The van der Waals surface area contributed by atoms with E-state index in [1.54, 1.807) is 36.2 Å². The monoisotopic (exact) mass is 352 g/mol. The Kier molecular flexibility index (Phi) is 5.48. The van der Waals surface area contributed by atoms with E-state index in [4.69, 9.17) is 9.47 Å². The molecule has 7 heteroatoms. The molecule has 0 atom stereocenters. The molecule has 1 aromatic carbocycles. The number of hydrogen-bond donors (Lipinski definition) is 1. The SMILES string of the molecule is COc1ccc(C(=O)NCCn2ccc(-c3ccccn3)n2)c(OC)c1. The van der Waals surface area contributed by atoms with E-state index >= 15 is 0 Å². The average molecular weight is 352 g/mol. The van der Waals surface area contributed by atoms with Gasteiger partial charge in [-0.25, -0.2) is 0 Å². The van der Waals surface area contributed by atoms with Gasteiger partial charge < -0.3 is 14.8 Å². The molecule has 1 N–H and O–H groups in total. The zero-order valence-electron chi connectivity index (χ0n) is 14.7. The minimum Gasteiger partial charge on any atom is -0.497 e. The van der Waals surface area contributed by atoms with Crippen molar-refractivity contribution < 1.29 is 14.3 Å². The first kappa shape index (κ1) is 17.5. The van der Waals surface area contributed by atoms with E-state index in [0.717, 1.165) is 11.4 Å². The van der Waals surface area contributed by atoms with Gasteiger partial charge in [0.25, 0.3) is 5.91 Å².